The van der Waals surface area contributed by atoms with Crippen molar-refractivity contribution in [3.05, 3.63) is 53.1 Å². The predicted octanol–water partition coefficient (Wildman–Crippen LogP) is 3.65. The summed E-state index contributed by atoms with van der Waals surface area (Å²) in [5, 5.41) is 11.0. The summed E-state index contributed by atoms with van der Waals surface area (Å²) >= 11 is 0. The molecule has 0 unspecified atom stereocenters. The van der Waals surface area contributed by atoms with E-state index in [1.165, 1.54) is 27.8 Å². The summed E-state index contributed by atoms with van der Waals surface area (Å²) in [7, 11) is 0. The minimum Gasteiger partial charge on any atom is -0.317 e. The van der Waals surface area contributed by atoms with Crippen molar-refractivity contribution in [3.63, 3.8) is 0 Å². The molecule has 1 aromatic carbocycles. The molecule has 0 saturated carbocycles. The van der Waals surface area contributed by atoms with Gasteiger partial charge in [-0.25, -0.2) is 0 Å². The van der Waals surface area contributed by atoms with Gasteiger partial charge in [0, 0.05) is 27.8 Å². The first-order valence-electron chi connectivity index (χ1n) is 6.48. The van der Waals surface area contributed by atoms with Gasteiger partial charge in [0.25, 0.3) is 0 Å². The highest BCUT2D eigenvalue weighted by molar-refractivity contribution is 5.92. The van der Waals surface area contributed by atoms with Crippen molar-refractivity contribution < 1.29 is 0 Å². The summed E-state index contributed by atoms with van der Waals surface area (Å²) < 4.78 is 2.29. The topological polar surface area (TPSA) is 30.7 Å². The highest BCUT2D eigenvalue weighted by Gasteiger charge is 2.16. The second-order valence-corrected chi connectivity index (χ2v) is 4.96. The normalized spacial score (nSPS) is 11.2. The molecule has 3 heteroatoms. The number of fused-ring (bicyclic) bond motifs is 1. The van der Waals surface area contributed by atoms with Crippen LogP contribution in [0.2, 0.25) is 0 Å². The van der Waals surface area contributed by atoms with E-state index >= 15 is 0 Å². The van der Waals surface area contributed by atoms with E-state index in [9.17, 15) is 0 Å². The quantitative estimate of drug-likeness (QED) is 0.661. The zero-order valence-electron chi connectivity index (χ0n) is 11.7. The first-order chi connectivity index (χ1) is 9.11. The zero-order chi connectivity index (χ0) is 13.6. The Labute approximate surface area is 112 Å². The molecule has 0 aliphatic rings. The Hall–Kier alpha value is -2.16. The van der Waals surface area contributed by atoms with Crippen molar-refractivity contribution in [2.75, 3.05) is 0 Å². The monoisotopic (exact) mass is 251 g/mol. The number of benzene rings is 1. The minimum atomic E-state index is 0.996. The first kappa shape index (κ1) is 11.9. The van der Waals surface area contributed by atoms with Crippen molar-refractivity contribution in [2.24, 2.45) is 0 Å². The molecule has 0 N–H and O–H groups in total. The lowest BCUT2D eigenvalue weighted by Gasteiger charge is -2.08. The van der Waals surface area contributed by atoms with Gasteiger partial charge in [0.05, 0.1) is 11.4 Å². The third kappa shape index (κ3) is 1.65. The molecule has 0 bridgehead atoms. The van der Waals surface area contributed by atoms with Crippen LogP contribution < -0.4 is 0 Å². The van der Waals surface area contributed by atoms with Gasteiger partial charge < -0.3 is 4.57 Å². The summed E-state index contributed by atoms with van der Waals surface area (Å²) in [6, 6.07) is 10.4. The lowest BCUT2D eigenvalue weighted by Crippen LogP contribution is -1.98. The molecule has 0 atom stereocenters. The number of aromatic nitrogens is 3. The maximum atomic E-state index is 4.25. The molecule has 96 valence electrons. The second kappa shape index (κ2) is 4.19. The average molecular weight is 251 g/mol. The Morgan fingerprint density at radius 2 is 1.21 bits per heavy atom. The average Bonchev–Trinajstić information content (AvgIpc) is 2.68. The molecular weight excluding hydrogens is 234 g/mol. The molecule has 0 amide bonds. The molecule has 19 heavy (non-hydrogen) atoms. The van der Waals surface area contributed by atoms with Crippen LogP contribution in [0.5, 0.6) is 0 Å². The van der Waals surface area contributed by atoms with E-state index in [0.29, 0.717) is 0 Å². The zero-order valence-corrected chi connectivity index (χ0v) is 11.7. The molecule has 2 heterocycles. The summed E-state index contributed by atoms with van der Waals surface area (Å²) in [6.07, 6.45) is 0. The third-order valence-electron chi connectivity index (χ3n) is 3.73. The van der Waals surface area contributed by atoms with Gasteiger partial charge in [-0.15, -0.1) is 0 Å². The van der Waals surface area contributed by atoms with Gasteiger partial charge in [0.1, 0.15) is 0 Å². The Morgan fingerprint density at radius 1 is 0.737 bits per heavy atom. The Bertz CT molecular complexity index is 710. The maximum Gasteiger partial charge on any atom is 0.0696 e. The SMILES string of the molecule is Cc1nnc(C)c2c(C)n(-c3ccccc3)c(C)c12. The Balaban J connectivity index is 2.46. The largest absolute Gasteiger partial charge is 0.317 e. The van der Waals surface area contributed by atoms with Gasteiger partial charge in [-0.1, -0.05) is 18.2 Å². The van der Waals surface area contributed by atoms with Crippen molar-refractivity contribution >= 4 is 10.8 Å². The fourth-order valence-electron chi connectivity index (χ4n) is 2.94. The van der Waals surface area contributed by atoms with Crippen molar-refractivity contribution in [1.82, 2.24) is 14.8 Å². The van der Waals surface area contributed by atoms with Crippen LogP contribution in [0.15, 0.2) is 30.3 Å². The number of nitrogens with zero attached hydrogens (tertiary/aromatic N) is 3. The molecule has 0 saturated heterocycles. The molecule has 0 aliphatic heterocycles. The molecule has 3 aromatic rings. The van der Waals surface area contributed by atoms with E-state index in [-0.39, 0.29) is 0 Å². The van der Waals surface area contributed by atoms with E-state index in [1.54, 1.807) is 0 Å². The van der Waals surface area contributed by atoms with Crippen LogP contribution in [0, 0.1) is 27.7 Å². The molecule has 0 aliphatic carbocycles. The van der Waals surface area contributed by atoms with Crippen LogP contribution in [-0.4, -0.2) is 14.8 Å². The Kier molecular flexibility index (Phi) is 2.63. The van der Waals surface area contributed by atoms with Gasteiger partial charge in [-0.05, 0) is 39.8 Å². The molecule has 0 radical (unpaired) electrons. The lowest BCUT2D eigenvalue weighted by molar-refractivity contribution is 0.964. The number of hydrogen-bond acceptors (Lipinski definition) is 2. The predicted molar refractivity (Wildman–Crippen MR) is 77.8 cm³/mol. The third-order valence-corrected chi connectivity index (χ3v) is 3.73. The van der Waals surface area contributed by atoms with Crippen LogP contribution in [0.3, 0.4) is 0 Å². The highest BCUT2D eigenvalue weighted by atomic mass is 15.1. The first-order valence-corrected chi connectivity index (χ1v) is 6.48. The fourth-order valence-corrected chi connectivity index (χ4v) is 2.94. The number of para-hydroxylation sites is 1. The van der Waals surface area contributed by atoms with Crippen molar-refractivity contribution in [3.8, 4) is 5.69 Å². The lowest BCUT2D eigenvalue weighted by atomic mass is 10.1. The summed E-state index contributed by atoms with van der Waals surface area (Å²) in [5.74, 6) is 0. The van der Waals surface area contributed by atoms with Crippen LogP contribution in [0.1, 0.15) is 22.8 Å². The van der Waals surface area contributed by atoms with Crippen LogP contribution in [0.25, 0.3) is 16.5 Å². The summed E-state index contributed by atoms with van der Waals surface area (Å²) in [6.45, 7) is 8.35. The van der Waals surface area contributed by atoms with Gasteiger partial charge in [-0.3, -0.25) is 0 Å². The maximum absolute atomic E-state index is 4.25. The van der Waals surface area contributed by atoms with Gasteiger partial charge in [0.15, 0.2) is 0 Å². The molecular formula is C16H17N3. The minimum absolute atomic E-state index is 0.996. The molecule has 0 spiro atoms. The van der Waals surface area contributed by atoms with Crippen LogP contribution in [-0.2, 0) is 0 Å². The molecule has 3 nitrogen and oxygen atoms in total. The summed E-state index contributed by atoms with van der Waals surface area (Å²) in [5.41, 5.74) is 5.64. The van der Waals surface area contributed by atoms with E-state index in [2.05, 4.69) is 52.9 Å². The Morgan fingerprint density at radius 3 is 1.68 bits per heavy atom. The van der Waals surface area contributed by atoms with E-state index in [0.717, 1.165) is 11.4 Å². The van der Waals surface area contributed by atoms with Crippen molar-refractivity contribution in [2.45, 2.75) is 27.7 Å². The number of hydrogen-bond donors (Lipinski definition) is 0. The standard InChI is InChI=1S/C16H17N3/c1-10-15-12(3)19(14-8-6-5-7-9-14)13(4)16(15)11(2)18-17-10/h5-9H,1-4H3. The van der Waals surface area contributed by atoms with Gasteiger partial charge in [0.2, 0.25) is 0 Å². The van der Waals surface area contributed by atoms with Crippen molar-refractivity contribution in [1.29, 1.82) is 0 Å². The second-order valence-electron chi connectivity index (χ2n) is 4.96. The van der Waals surface area contributed by atoms with Crippen LogP contribution in [0.4, 0.5) is 0 Å². The fraction of sp³-hybridized carbons (Fsp3) is 0.250. The smallest absolute Gasteiger partial charge is 0.0696 e. The molecule has 3 rings (SSSR count). The highest BCUT2D eigenvalue weighted by Crippen LogP contribution is 2.31. The van der Waals surface area contributed by atoms with E-state index in [4.69, 9.17) is 0 Å². The van der Waals surface area contributed by atoms with E-state index in [1.807, 2.05) is 19.9 Å². The van der Waals surface area contributed by atoms with Crippen LogP contribution >= 0.6 is 0 Å². The molecule has 2 aromatic heterocycles. The number of aryl methyl sites for hydroxylation is 4. The number of rotatable bonds is 1. The molecule has 0 fully saturated rings. The van der Waals surface area contributed by atoms with E-state index < -0.39 is 0 Å². The van der Waals surface area contributed by atoms with Gasteiger partial charge in [-0.2, -0.15) is 10.2 Å². The van der Waals surface area contributed by atoms with Gasteiger partial charge >= 0.3 is 0 Å². The summed E-state index contributed by atoms with van der Waals surface area (Å²) in [4.78, 5) is 0.